The van der Waals surface area contributed by atoms with Gasteiger partial charge < -0.3 is 5.43 Å². The van der Waals surface area contributed by atoms with Crippen molar-refractivity contribution in [2.45, 2.75) is 6.92 Å². The monoisotopic (exact) mass is 200 g/mol. The van der Waals surface area contributed by atoms with Gasteiger partial charge >= 0.3 is 0 Å². The Morgan fingerprint density at radius 3 is 2.73 bits per heavy atom. The molecule has 0 unspecified atom stereocenters. The van der Waals surface area contributed by atoms with E-state index in [2.05, 4.69) is 35.3 Å². The summed E-state index contributed by atoms with van der Waals surface area (Å²) >= 11 is 0. The van der Waals surface area contributed by atoms with Gasteiger partial charge in [0, 0.05) is 12.6 Å². The molecular weight excluding hydrogens is 184 g/mol. The van der Waals surface area contributed by atoms with Crippen LogP contribution in [0, 0.1) is 0 Å². The summed E-state index contributed by atoms with van der Waals surface area (Å²) in [6.07, 6.45) is 5.66. The molecule has 1 N–H and O–H groups in total. The van der Waals surface area contributed by atoms with Crippen molar-refractivity contribution in [2.75, 3.05) is 7.05 Å². The van der Waals surface area contributed by atoms with E-state index in [1.165, 1.54) is 5.22 Å². The number of rotatable bonds is 3. The highest BCUT2D eigenvalue weighted by Crippen LogP contribution is 1.87. The average Bonchev–Trinajstić information content (AvgIpc) is 2.30. The Morgan fingerprint density at radius 2 is 2.13 bits per heavy atom. The Balaban J connectivity index is 3.49. The van der Waals surface area contributed by atoms with Gasteiger partial charge in [0.05, 0.1) is 6.21 Å². The summed E-state index contributed by atoms with van der Waals surface area (Å²) in [5, 5.41) is 6.33. The highest BCUT2D eigenvalue weighted by Gasteiger charge is 1.90. The Bertz CT molecular complexity index is 470. The van der Waals surface area contributed by atoms with E-state index in [0.717, 1.165) is 10.8 Å². The molecule has 1 aromatic rings. The normalized spacial score (nSPS) is 14.1. The van der Waals surface area contributed by atoms with Crippen molar-refractivity contribution < 1.29 is 0 Å². The first kappa shape index (κ1) is 11.2. The van der Waals surface area contributed by atoms with Crippen LogP contribution < -0.4 is 15.9 Å². The maximum absolute atomic E-state index is 4.00. The van der Waals surface area contributed by atoms with Crippen molar-refractivity contribution in [1.82, 2.24) is 5.43 Å². The molecule has 0 spiro atoms. The van der Waals surface area contributed by atoms with Gasteiger partial charge in [0.15, 0.2) is 0 Å². The molecule has 0 atom stereocenters. The van der Waals surface area contributed by atoms with Crippen LogP contribution in [0.15, 0.2) is 42.0 Å². The molecule has 0 fully saturated rings. The molecule has 0 bridgehead atoms. The second-order valence-corrected chi connectivity index (χ2v) is 3.02. The molecule has 0 amide bonds. The smallest absolute Gasteiger partial charge is 0.0546 e. The SMILES string of the molecule is C=CC(/C=N/NC)=c1/cccc/c1=C/C. The van der Waals surface area contributed by atoms with Crippen LogP contribution in [0.2, 0.25) is 0 Å². The highest BCUT2D eigenvalue weighted by atomic mass is 15.3. The molecule has 0 aliphatic rings. The Morgan fingerprint density at radius 1 is 1.40 bits per heavy atom. The number of hydrogen-bond donors (Lipinski definition) is 1. The minimum Gasteiger partial charge on any atom is -0.313 e. The van der Waals surface area contributed by atoms with Gasteiger partial charge in [-0.3, -0.25) is 0 Å². The number of allylic oxidation sites excluding steroid dienone is 1. The van der Waals surface area contributed by atoms with E-state index in [0.29, 0.717) is 0 Å². The van der Waals surface area contributed by atoms with E-state index in [9.17, 15) is 0 Å². The van der Waals surface area contributed by atoms with Crippen LogP contribution in [-0.2, 0) is 0 Å². The second-order valence-electron chi connectivity index (χ2n) is 3.02. The maximum Gasteiger partial charge on any atom is 0.0546 e. The molecule has 0 saturated heterocycles. The second kappa shape index (κ2) is 5.81. The molecule has 1 rings (SSSR count). The maximum atomic E-state index is 4.00. The molecule has 15 heavy (non-hydrogen) atoms. The zero-order valence-corrected chi connectivity index (χ0v) is 9.20. The first-order chi connectivity index (χ1) is 7.33. The minimum absolute atomic E-state index is 1.01. The third-order valence-corrected chi connectivity index (χ3v) is 2.14. The van der Waals surface area contributed by atoms with Crippen molar-refractivity contribution in [1.29, 1.82) is 0 Å². The fourth-order valence-corrected chi connectivity index (χ4v) is 1.38. The van der Waals surface area contributed by atoms with Crippen LogP contribution in [-0.4, -0.2) is 13.3 Å². The molecule has 1 aromatic carbocycles. The lowest BCUT2D eigenvalue weighted by atomic mass is 10.1. The van der Waals surface area contributed by atoms with Crippen molar-refractivity contribution in [3.8, 4) is 0 Å². The summed E-state index contributed by atoms with van der Waals surface area (Å²) in [5.41, 5.74) is 3.74. The van der Waals surface area contributed by atoms with Crippen molar-refractivity contribution in [2.24, 2.45) is 5.10 Å². The summed E-state index contributed by atoms with van der Waals surface area (Å²) in [6, 6.07) is 8.17. The van der Waals surface area contributed by atoms with Gasteiger partial charge in [-0.2, -0.15) is 5.10 Å². The first-order valence-electron chi connectivity index (χ1n) is 4.91. The van der Waals surface area contributed by atoms with Gasteiger partial charge in [-0.1, -0.05) is 43.0 Å². The summed E-state index contributed by atoms with van der Waals surface area (Å²) in [4.78, 5) is 0. The van der Waals surface area contributed by atoms with E-state index < -0.39 is 0 Å². The molecule has 2 nitrogen and oxygen atoms in total. The summed E-state index contributed by atoms with van der Waals surface area (Å²) in [6.45, 7) is 5.82. The number of hydrazone groups is 1. The molecule has 0 aliphatic carbocycles. The van der Waals surface area contributed by atoms with Gasteiger partial charge in [-0.05, 0) is 17.4 Å². The van der Waals surface area contributed by atoms with Crippen LogP contribution in [0.5, 0.6) is 0 Å². The highest BCUT2D eigenvalue weighted by molar-refractivity contribution is 6.06. The molecule has 2 heteroatoms. The molecular formula is C13H16N2. The lowest BCUT2D eigenvalue weighted by Crippen LogP contribution is -2.26. The molecule has 0 radical (unpaired) electrons. The number of hydrogen-bond acceptors (Lipinski definition) is 2. The minimum atomic E-state index is 1.01. The zero-order chi connectivity index (χ0) is 11.1. The third-order valence-electron chi connectivity index (χ3n) is 2.14. The molecule has 0 heterocycles. The van der Waals surface area contributed by atoms with E-state index in [1.807, 2.05) is 25.1 Å². The molecule has 0 saturated carbocycles. The van der Waals surface area contributed by atoms with Crippen molar-refractivity contribution in [3.63, 3.8) is 0 Å². The van der Waals surface area contributed by atoms with Gasteiger partial charge in [-0.15, -0.1) is 0 Å². The van der Waals surface area contributed by atoms with E-state index >= 15 is 0 Å². The molecule has 78 valence electrons. The lowest BCUT2D eigenvalue weighted by Gasteiger charge is -1.95. The number of benzene rings is 1. The topological polar surface area (TPSA) is 24.4 Å². The average molecular weight is 200 g/mol. The first-order valence-corrected chi connectivity index (χ1v) is 4.91. The fourth-order valence-electron chi connectivity index (χ4n) is 1.38. The Hall–Kier alpha value is -1.83. The zero-order valence-electron chi connectivity index (χ0n) is 9.20. The van der Waals surface area contributed by atoms with Crippen LogP contribution in [0.3, 0.4) is 0 Å². The van der Waals surface area contributed by atoms with E-state index in [1.54, 1.807) is 13.3 Å². The fraction of sp³-hybridized carbons (Fsp3) is 0.154. The molecule has 0 aliphatic heterocycles. The predicted molar refractivity (Wildman–Crippen MR) is 67.0 cm³/mol. The standard InChI is InChI=1S/C13H16N2/c1-4-11-8-6-7-9-13(11)12(5-2)10-15-14-3/h4-10,14H,2H2,1,3H3/b11-4-,13-12+,15-10+. The third kappa shape index (κ3) is 2.81. The Kier molecular flexibility index (Phi) is 4.35. The van der Waals surface area contributed by atoms with Gasteiger partial charge in [-0.25, -0.2) is 0 Å². The summed E-state index contributed by atoms with van der Waals surface area (Å²) < 4.78 is 0. The van der Waals surface area contributed by atoms with E-state index in [4.69, 9.17) is 0 Å². The number of nitrogens with zero attached hydrogens (tertiary/aromatic N) is 1. The molecule has 0 aromatic heterocycles. The summed E-state index contributed by atoms with van der Waals surface area (Å²) in [5.74, 6) is 0. The summed E-state index contributed by atoms with van der Waals surface area (Å²) in [7, 11) is 1.77. The van der Waals surface area contributed by atoms with Crippen LogP contribution >= 0.6 is 0 Å². The lowest BCUT2D eigenvalue weighted by molar-refractivity contribution is 0.909. The van der Waals surface area contributed by atoms with Crippen LogP contribution in [0.25, 0.3) is 11.6 Å². The van der Waals surface area contributed by atoms with E-state index in [-0.39, 0.29) is 0 Å². The predicted octanol–water partition coefficient (Wildman–Crippen LogP) is 1.03. The quantitative estimate of drug-likeness (QED) is 0.572. The van der Waals surface area contributed by atoms with Crippen LogP contribution in [0.1, 0.15) is 6.92 Å². The van der Waals surface area contributed by atoms with Crippen LogP contribution in [0.4, 0.5) is 0 Å². The van der Waals surface area contributed by atoms with Gasteiger partial charge in [0.25, 0.3) is 0 Å². The van der Waals surface area contributed by atoms with Crippen molar-refractivity contribution >= 4 is 17.9 Å². The largest absolute Gasteiger partial charge is 0.313 e. The number of nitrogens with one attached hydrogen (secondary N) is 1. The van der Waals surface area contributed by atoms with Crippen molar-refractivity contribution in [3.05, 3.63) is 47.4 Å². The van der Waals surface area contributed by atoms with Gasteiger partial charge in [0.1, 0.15) is 0 Å². The Labute approximate surface area is 90.3 Å². The van der Waals surface area contributed by atoms with Gasteiger partial charge in [0.2, 0.25) is 0 Å².